The predicted octanol–water partition coefficient (Wildman–Crippen LogP) is 0.617. The van der Waals surface area contributed by atoms with E-state index in [1.54, 1.807) is 17.0 Å². The van der Waals surface area contributed by atoms with Crippen LogP contribution in [0.2, 0.25) is 0 Å². The smallest absolute Gasteiger partial charge is 0.407 e. The largest absolute Gasteiger partial charge is 0.441 e. The van der Waals surface area contributed by atoms with E-state index in [4.69, 9.17) is 4.74 Å². The lowest BCUT2D eigenvalue weighted by Gasteiger charge is -2.39. The fourth-order valence-electron chi connectivity index (χ4n) is 4.24. The molecule has 3 saturated heterocycles. The standard InChI is InChI=1S/C20H25FN4O4/c21-15-3-1-14(2-4-15)12-25-10-7-22-18(27)16(25)11-17(26)24-8-5-20(6-9-24)13-23-19(28)29-20/h1-4,16H,5-13H2,(H,22,27)(H,23,28)/t16-/m0/s1. The molecule has 29 heavy (non-hydrogen) atoms. The van der Waals surface area contributed by atoms with Crippen molar-refractivity contribution in [1.29, 1.82) is 0 Å². The second-order valence-corrected chi connectivity index (χ2v) is 7.91. The van der Waals surface area contributed by atoms with Crippen molar-refractivity contribution in [2.75, 3.05) is 32.7 Å². The maximum absolute atomic E-state index is 13.2. The van der Waals surface area contributed by atoms with Crippen LogP contribution in [0, 0.1) is 5.82 Å². The van der Waals surface area contributed by atoms with Crippen molar-refractivity contribution in [3.63, 3.8) is 0 Å². The maximum Gasteiger partial charge on any atom is 0.407 e. The van der Waals surface area contributed by atoms with Gasteiger partial charge in [0.15, 0.2) is 0 Å². The Morgan fingerprint density at radius 1 is 1.14 bits per heavy atom. The molecule has 1 aromatic rings. The second-order valence-electron chi connectivity index (χ2n) is 7.91. The lowest BCUT2D eigenvalue weighted by atomic mass is 9.91. The van der Waals surface area contributed by atoms with Gasteiger partial charge >= 0.3 is 6.09 Å². The molecule has 3 aliphatic heterocycles. The molecule has 0 radical (unpaired) electrons. The van der Waals surface area contributed by atoms with Gasteiger partial charge in [-0.3, -0.25) is 14.5 Å². The summed E-state index contributed by atoms with van der Waals surface area (Å²) in [6.45, 7) is 3.11. The number of piperidine rings is 1. The summed E-state index contributed by atoms with van der Waals surface area (Å²) in [5.41, 5.74) is 0.388. The Hall–Kier alpha value is -2.68. The number of likely N-dealkylation sites (tertiary alicyclic amines) is 1. The number of carbonyl (C=O) groups excluding carboxylic acids is 3. The Morgan fingerprint density at radius 2 is 1.86 bits per heavy atom. The number of halogens is 1. The molecule has 0 aromatic heterocycles. The number of nitrogens with one attached hydrogen (secondary N) is 2. The minimum absolute atomic E-state index is 0.0803. The molecule has 1 aromatic carbocycles. The normalized spacial score (nSPS) is 24.2. The van der Waals surface area contributed by atoms with E-state index in [-0.39, 0.29) is 24.1 Å². The maximum atomic E-state index is 13.2. The van der Waals surface area contributed by atoms with Crippen molar-refractivity contribution in [3.8, 4) is 0 Å². The van der Waals surface area contributed by atoms with Gasteiger partial charge in [0, 0.05) is 45.6 Å². The number of piperazine rings is 1. The molecule has 9 heteroatoms. The molecular weight excluding hydrogens is 379 g/mol. The molecule has 0 bridgehead atoms. The van der Waals surface area contributed by atoms with Gasteiger partial charge in [-0.25, -0.2) is 9.18 Å². The van der Waals surface area contributed by atoms with Crippen molar-refractivity contribution >= 4 is 17.9 Å². The number of hydrogen-bond acceptors (Lipinski definition) is 5. The van der Waals surface area contributed by atoms with Gasteiger partial charge < -0.3 is 20.3 Å². The molecule has 3 amide bonds. The summed E-state index contributed by atoms with van der Waals surface area (Å²) in [7, 11) is 0. The number of nitrogens with zero attached hydrogens (tertiary/aromatic N) is 2. The first-order valence-corrected chi connectivity index (χ1v) is 9.95. The van der Waals surface area contributed by atoms with Gasteiger partial charge in [-0.15, -0.1) is 0 Å². The van der Waals surface area contributed by atoms with Crippen molar-refractivity contribution < 1.29 is 23.5 Å². The number of carbonyl (C=O) groups is 3. The van der Waals surface area contributed by atoms with Gasteiger partial charge in [0.25, 0.3) is 0 Å². The third kappa shape index (κ3) is 4.34. The average molecular weight is 404 g/mol. The fraction of sp³-hybridized carbons (Fsp3) is 0.550. The Morgan fingerprint density at radius 3 is 2.52 bits per heavy atom. The highest BCUT2D eigenvalue weighted by Gasteiger charge is 2.44. The second kappa shape index (κ2) is 7.98. The first-order valence-electron chi connectivity index (χ1n) is 9.95. The number of benzene rings is 1. The highest BCUT2D eigenvalue weighted by Crippen LogP contribution is 2.29. The van der Waals surface area contributed by atoms with Gasteiger partial charge in [-0.2, -0.15) is 0 Å². The zero-order valence-corrected chi connectivity index (χ0v) is 16.2. The summed E-state index contributed by atoms with van der Waals surface area (Å²) < 4.78 is 18.5. The lowest BCUT2D eigenvalue weighted by molar-refractivity contribution is -0.141. The molecule has 4 rings (SSSR count). The zero-order valence-electron chi connectivity index (χ0n) is 16.2. The minimum Gasteiger partial charge on any atom is -0.441 e. The summed E-state index contributed by atoms with van der Waals surface area (Å²) >= 11 is 0. The number of ether oxygens (including phenoxy) is 1. The van der Waals surface area contributed by atoms with E-state index in [0.717, 1.165) is 5.56 Å². The van der Waals surface area contributed by atoms with Gasteiger partial charge in [0.2, 0.25) is 11.8 Å². The molecule has 2 N–H and O–H groups in total. The quantitative estimate of drug-likeness (QED) is 0.768. The number of amides is 3. The third-order valence-corrected chi connectivity index (χ3v) is 6.00. The molecule has 0 aliphatic carbocycles. The van der Waals surface area contributed by atoms with Crippen LogP contribution in [0.5, 0.6) is 0 Å². The fourth-order valence-corrected chi connectivity index (χ4v) is 4.24. The van der Waals surface area contributed by atoms with Crippen LogP contribution in [-0.4, -0.2) is 72.1 Å². The molecular formula is C20H25FN4O4. The highest BCUT2D eigenvalue weighted by atomic mass is 19.1. The average Bonchev–Trinajstić information content (AvgIpc) is 3.06. The summed E-state index contributed by atoms with van der Waals surface area (Å²) in [6.07, 6.45) is 0.874. The molecule has 3 fully saturated rings. The molecule has 3 heterocycles. The van der Waals surface area contributed by atoms with E-state index < -0.39 is 17.7 Å². The van der Waals surface area contributed by atoms with Gasteiger partial charge in [0.1, 0.15) is 11.4 Å². The van der Waals surface area contributed by atoms with E-state index in [0.29, 0.717) is 52.1 Å². The molecule has 0 saturated carbocycles. The first-order chi connectivity index (χ1) is 13.9. The van der Waals surface area contributed by atoms with Crippen LogP contribution >= 0.6 is 0 Å². The lowest BCUT2D eigenvalue weighted by Crippen LogP contribution is -2.57. The van der Waals surface area contributed by atoms with Crippen LogP contribution in [0.15, 0.2) is 24.3 Å². The van der Waals surface area contributed by atoms with E-state index in [2.05, 4.69) is 10.6 Å². The van der Waals surface area contributed by atoms with Crippen LogP contribution in [0.25, 0.3) is 0 Å². The summed E-state index contributed by atoms with van der Waals surface area (Å²) in [4.78, 5) is 40.4. The Kier molecular flexibility index (Phi) is 5.40. The zero-order chi connectivity index (χ0) is 20.4. The van der Waals surface area contributed by atoms with Crippen molar-refractivity contribution in [3.05, 3.63) is 35.6 Å². The number of rotatable bonds is 4. The topological polar surface area (TPSA) is 91.0 Å². The summed E-state index contributed by atoms with van der Waals surface area (Å²) in [5, 5.41) is 5.51. The molecule has 156 valence electrons. The Labute approximate surface area is 168 Å². The van der Waals surface area contributed by atoms with Gasteiger partial charge in [-0.1, -0.05) is 12.1 Å². The van der Waals surface area contributed by atoms with Crippen LogP contribution in [-0.2, 0) is 20.9 Å². The number of alkyl carbamates (subject to hydrolysis) is 1. The van der Waals surface area contributed by atoms with E-state index >= 15 is 0 Å². The summed E-state index contributed by atoms with van der Waals surface area (Å²) in [6, 6.07) is 5.63. The molecule has 1 atom stereocenters. The molecule has 0 unspecified atom stereocenters. The van der Waals surface area contributed by atoms with Gasteiger partial charge in [-0.05, 0) is 17.7 Å². The monoisotopic (exact) mass is 404 g/mol. The highest BCUT2D eigenvalue weighted by molar-refractivity contribution is 5.89. The van der Waals surface area contributed by atoms with Crippen molar-refractivity contribution in [1.82, 2.24) is 20.4 Å². The Balaban J connectivity index is 1.36. The number of hydrogen-bond donors (Lipinski definition) is 2. The molecule has 8 nitrogen and oxygen atoms in total. The Bertz CT molecular complexity index is 792. The first kappa shape index (κ1) is 19.6. The van der Waals surface area contributed by atoms with Crippen LogP contribution < -0.4 is 10.6 Å². The summed E-state index contributed by atoms with van der Waals surface area (Å²) in [5.74, 6) is -0.541. The van der Waals surface area contributed by atoms with Crippen LogP contribution in [0.4, 0.5) is 9.18 Å². The van der Waals surface area contributed by atoms with Crippen LogP contribution in [0.3, 0.4) is 0 Å². The van der Waals surface area contributed by atoms with Crippen molar-refractivity contribution in [2.45, 2.75) is 37.5 Å². The van der Waals surface area contributed by atoms with Crippen LogP contribution in [0.1, 0.15) is 24.8 Å². The molecule has 3 aliphatic rings. The SMILES string of the molecule is O=C1NCC2(CCN(C(=O)C[C@H]3C(=O)NCCN3Cc3ccc(F)cc3)CC2)O1. The molecule has 1 spiro atoms. The third-order valence-electron chi connectivity index (χ3n) is 6.00. The predicted molar refractivity (Wildman–Crippen MR) is 101 cm³/mol. The van der Waals surface area contributed by atoms with E-state index in [9.17, 15) is 18.8 Å². The van der Waals surface area contributed by atoms with E-state index in [1.807, 2.05) is 4.90 Å². The van der Waals surface area contributed by atoms with Gasteiger partial charge in [0.05, 0.1) is 19.0 Å². The van der Waals surface area contributed by atoms with E-state index in [1.165, 1.54) is 12.1 Å². The minimum atomic E-state index is -0.553. The van der Waals surface area contributed by atoms with Crippen molar-refractivity contribution in [2.24, 2.45) is 0 Å².